The van der Waals surface area contributed by atoms with E-state index >= 15 is 0 Å². The molecule has 22 heavy (non-hydrogen) atoms. The number of nitrogens with one attached hydrogen (secondary N) is 1. The molecule has 1 aromatic carbocycles. The summed E-state index contributed by atoms with van der Waals surface area (Å²) in [7, 11) is 0. The third-order valence-corrected chi connectivity index (χ3v) is 3.28. The van der Waals surface area contributed by atoms with Crippen LogP contribution in [0.4, 0.5) is 0 Å². The quantitative estimate of drug-likeness (QED) is 0.824. The Bertz CT molecular complexity index is 605. The van der Waals surface area contributed by atoms with Crippen LogP contribution in [0, 0.1) is 0 Å². The number of rotatable bonds is 7. The standard InChI is InChI=1S/C17H22N2O3/c1-17(2,12-20)19-15(21)9-6-10-16-18-11-14(22-16)13-7-4-3-5-8-13/h3-5,7-8,11,20H,6,9-10,12H2,1-2H3,(H,19,21). The molecule has 0 aliphatic heterocycles. The fourth-order valence-corrected chi connectivity index (χ4v) is 2.04. The summed E-state index contributed by atoms with van der Waals surface area (Å²) in [5, 5.41) is 11.9. The van der Waals surface area contributed by atoms with Gasteiger partial charge in [0.05, 0.1) is 18.3 Å². The highest BCUT2D eigenvalue weighted by atomic mass is 16.4. The molecule has 0 fully saturated rings. The van der Waals surface area contributed by atoms with Gasteiger partial charge in [-0.05, 0) is 20.3 Å². The maximum absolute atomic E-state index is 11.8. The summed E-state index contributed by atoms with van der Waals surface area (Å²) in [5.41, 5.74) is 0.407. The molecule has 2 N–H and O–H groups in total. The van der Waals surface area contributed by atoms with Crippen molar-refractivity contribution in [2.75, 3.05) is 6.61 Å². The van der Waals surface area contributed by atoms with Crippen LogP contribution in [0.25, 0.3) is 11.3 Å². The summed E-state index contributed by atoms with van der Waals surface area (Å²) < 4.78 is 5.69. The first-order valence-corrected chi connectivity index (χ1v) is 7.42. The highest BCUT2D eigenvalue weighted by Crippen LogP contribution is 2.20. The lowest BCUT2D eigenvalue weighted by Crippen LogP contribution is -2.46. The Morgan fingerprint density at radius 2 is 2.05 bits per heavy atom. The monoisotopic (exact) mass is 302 g/mol. The van der Waals surface area contributed by atoms with E-state index in [9.17, 15) is 4.79 Å². The molecule has 1 amide bonds. The summed E-state index contributed by atoms with van der Waals surface area (Å²) in [6.45, 7) is 3.48. The van der Waals surface area contributed by atoms with Crippen molar-refractivity contribution in [3.63, 3.8) is 0 Å². The third-order valence-electron chi connectivity index (χ3n) is 3.28. The molecule has 0 aliphatic rings. The number of aromatic nitrogens is 1. The minimum atomic E-state index is -0.583. The highest BCUT2D eigenvalue weighted by molar-refractivity contribution is 5.76. The van der Waals surface area contributed by atoms with E-state index in [-0.39, 0.29) is 12.5 Å². The second kappa shape index (κ2) is 7.22. The third kappa shape index (κ3) is 4.70. The maximum atomic E-state index is 11.8. The van der Waals surface area contributed by atoms with E-state index in [1.165, 1.54) is 0 Å². The average molecular weight is 302 g/mol. The largest absolute Gasteiger partial charge is 0.441 e. The molecule has 1 aromatic heterocycles. The number of oxazole rings is 1. The topological polar surface area (TPSA) is 75.4 Å². The zero-order valence-corrected chi connectivity index (χ0v) is 13.0. The Kier molecular flexibility index (Phi) is 5.33. The Labute approximate surface area is 130 Å². The Morgan fingerprint density at radius 3 is 2.73 bits per heavy atom. The predicted molar refractivity (Wildman–Crippen MR) is 84.2 cm³/mol. The maximum Gasteiger partial charge on any atom is 0.220 e. The number of aliphatic hydroxyl groups is 1. The van der Waals surface area contributed by atoms with Gasteiger partial charge in [0.2, 0.25) is 5.91 Å². The SMILES string of the molecule is CC(C)(CO)NC(=O)CCCc1ncc(-c2ccccc2)o1. The van der Waals surface area contributed by atoms with Gasteiger partial charge in [-0.15, -0.1) is 0 Å². The number of aryl methyl sites for hydroxylation is 1. The van der Waals surface area contributed by atoms with Gasteiger partial charge in [-0.2, -0.15) is 0 Å². The normalized spacial score (nSPS) is 11.4. The van der Waals surface area contributed by atoms with Gasteiger partial charge in [-0.1, -0.05) is 30.3 Å². The van der Waals surface area contributed by atoms with E-state index < -0.39 is 5.54 Å². The predicted octanol–water partition coefficient (Wildman–Crippen LogP) is 2.55. The first-order valence-electron chi connectivity index (χ1n) is 7.42. The molecule has 2 rings (SSSR count). The number of carbonyl (C=O) groups is 1. The molecular formula is C17H22N2O3. The second-order valence-corrected chi connectivity index (χ2v) is 5.93. The van der Waals surface area contributed by atoms with E-state index in [1.54, 1.807) is 20.0 Å². The molecule has 0 bridgehead atoms. The lowest BCUT2D eigenvalue weighted by molar-refractivity contribution is -0.123. The molecule has 0 saturated carbocycles. The second-order valence-electron chi connectivity index (χ2n) is 5.93. The molecule has 5 heteroatoms. The lowest BCUT2D eigenvalue weighted by Gasteiger charge is -2.23. The van der Waals surface area contributed by atoms with Crippen molar-refractivity contribution in [3.8, 4) is 11.3 Å². The summed E-state index contributed by atoms with van der Waals surface area (Å²) in [6, 6.07) is 9.78. The van der Waals surface area contributed by atoms with Crippen LogP contribution in [0.1, 0.15) is 32.6 Å². The highest BCUT2D eigenvalue weighted by Gasteiger charge is 2.18. The first-order chi connectivity index (χ1) is 10.5. The minimum Gasteiger partial charge on any atom is -0.441 e. The van der Waals surface area contributed by atoms with E-state index in [4.69, 9.17) is 9.52 Å². The summed E-state index contributed by atoms with van der Waals surface area (Å²) >= 11 is 0. The molecule has 0 saturated heterocycles. The van der Waals surface area contributed by atoms with Gasteiger partial charge < -0.3 is 14.8 Å². The molecule has 5 nitrogen and oxygen atoms in total. The van der Waals surface area contributed by atoms with Crippen molar-refractivity contribution in [2.24, 2.45) is 0 Å². The number of nitrogens with zero attached hydrogens (tertiary/aromatic N) is 1. The van der Waals surface area contributed by atoms with Gasteiger partial charge in [0, 0.05) is 18.4 Å². The Morgan fingerprint density at radius 1 is 1.32 bits per heavy atom. The van der Waals surface area contributed by atoms with Gasteiger partial charge in [0.1, 0.15) is 0 Å². The number of aliphatic hydroxyl groups excluding tert-OH is 1. The zero-order chi connectivity index (χ0) is 16.0. The van der Waals surface area contributed by atoms with Crippen LogP contribution in [-0.4, -0.2) is 28.1 Å². The van der Waals surface area contributed by atoms with Crippen molar-refractivity contribution in [1.82, 2.24) is 10.3 Å². The summed E-state index contributed by atoms with van der Waals surface area (Å²) in [5.74, 6) is 1.29. The van der Waals surface area contributed by atoms with Crippen molar-refractivity contribution < 1.29 is 14.3 Å². The first kappa shape index (κ1) is 16.2. The van der Waals surface area contributed by atoms with Crippen LogP contribution in [0.2, 0.25) is 0 Å². The van der Waals surface area contributed by atoms with Crippen molar-refractivity contribution in [1.29, 1.82) is 0 Å². The minimum absolute atomic E-state index is 0.0751. The van der Waals surface area contributed by atoms with Crippen LogP contribution in [0.3, 0.4) is 0 Å². The molecule has 0 radical (unpaired) electrons. The molecule has 0 spiro atoms. The summed E-state index contributed by atoms with van der Waals surface area (Å²) in [4.78, 5) is 16.0. The van der Waals surface area contributed by atoms with Crippen LogP contribution >= 0.6 is 0 Å². The Hall–Kier alpha value is -2.14. The fourth-order valence-electron chi connectivity index (χ4n) is 2.04. The number of hydrogen-bond acceptors (Lipinski definition) is 4. The van der Waals surface area contributed by atoms with Crippen LogP contribution in [0.15, 0.2) is 40.9 Å². The van der Waals surface area contributed by atoms with E-state index in [0.29, 0.717) is 25.2 Å². The van der Waals surface area contributed by atoms with Crippen molar-refractivity contribution in [2.45, 2.75) is 38.6 Å². The van der Waals surface area contributed by atoms with Crippen LogP contribution < -0.4 is 5.32 Å². The van der Waals surface area contributed by atoms with Crippen LogP contribution in [0.5, 0.6) is 0 Å². The van der Waals surface area contributed by atoms with E-state index in [1.807, 2.05) is 30.3 Å². The average Bonchev–Trinajstić information content (AvgIpc) is 2.96. The smallest absolute Gasteiger partial charge is 0.220 e. The molecular weight excluding hydrogens is 280 g/mol. The van der Waals surface area contributed by atoms with Crippen molar-refractivity contribution >= 4 is 5.91 Å². The zero-order valence-electron chi connectivity index (χ0n) is 13.0. The number of amides is 1. The van der Waals surface area contributed by atoms with Gasteiger partial charge in [-0.3, -0.25) is 4.79 Å². The van der Waals surface area contributed by atoms with Gasteiger partial charge in [-0.25, -0.2) is 4.98 Å². The van der Waals surface area contributed by atoms with Crippen LogP contribution in [-0.2, 0) is 11.2 Å². The number of hydrogen-bond donors (Lipinski definition) is 2. The number of carbonyl (C=O) groups excluding carboxylic acids is 1. The molecule has 0 atom stereocenters. The molecule has 0 aliphatic carbocycles. The summed E-state index contributed by atoms with van der Waals surface area (Å²) in [6.07, 6.45) is 3.36. The van der Waals surface area contributed by atoms with E-state index in [2.05, 4.69) is 10.3 Å². The van der Waals surface area contributed by atoms with Gasteiger partial charge >= 0.3 is 0 Å². The molecule has 118 valence electrons. The molecule has 2 aromatic rings. The lowest BCUT2D eigenvalue weighted by atomic mass is 10.1. The molecule has 0 unspecified atom stereocenters. The van der Waals surface area contributed by atoms with Gasteiger partial charge in [0.15, 0.2) is 11.7 Å². The number of benzene rings is 1. The van der Waals surface area contributed by atoms with Crippen molar-refractivity contribution in [3.05, 3.63) is 42.4 Å². The Balaban J connectivity index is 1.81. The fraction of sp³-hybridized carbons (Fsp3) is 0.412. The van der Waals surface area contributed by atoms with Gasteiger partial charge in [0.25, 0.3) is 0 Å². The van der Waals surface area contributed by atoms with E-state index in [0.717, 1.165) is 11.3 Å². The molecule has 1 heterocycles.